The van der Waals surface area contributed by atoms with Crippen molar-refractivity contribution < 1.29 is 20.9 Å². The smallest absolute Gasteiger partial charge is 0.307 e. The number of benzene rings is 1. The Balaban J connectivity index is 0. The first-order valence-corrected chi connectivity index (χ1v) is 3.05. The molecular formula is C8H12O4. The Hall–Kier alpha value is -1.39. The third-order valence-electron chi connectivity index (χ3n) is 1.20. The summed E-state index contributed by atoms with van der Waals surface area (Å²) in [5.41, 5.74) is 0.843. The molecule has 0 unspecified atom stereocenters. The Bertz CT molecular complexity index is 220. The monoisotopic (exact) mass is 172 g/mol. The SMILES string of the molecule is O.O.O=C(O)Cc1ccccc1. The van der Waals surface area contributed by atoms with Crippen molar-refractivity contribution >= 4 is 5.97 Å². The Morgan fingerprint density at radius 2 is 1.67 bits per heavy atom. The van der Waals surface area contributed by atoms with Crippen molar-refractivity contribution in [1.82, 2.24) is 0 Å². The van der Waals surface area contributed by atoms with Gasteiger partial charge in [0.2, 0.25) is 0 Å². The molecule has 1 aromatic carbocycles. The summed E-state index contributed by atoms with van der Waals surface area (Å²) in [6.07, 6.45) is 0.112. The predicted molar refractivity (Wildman–Crippen MR) is 45.0 cm³/mol. The molecule has 0 fully saturated rings. The fraction of sp³-hybridized carbons (Fsp3) is 0.125. The number of carbonyl (C=O) groups is 1. The van der Waals surface area contributed by atoms with Gasteiger partial charge in [0.05, 0.1) is 6.42 Å². The zero-order valence-corrected chi connectivity index (χ0v) is 6.45. The van der Waals surface area contributed by atoms with Gasteiger partial charge in [0.25, 0.3) is 0 Å². The first-order valence-electron chi connectivity index (χ1n) is 3.05. The lowest BCUT2D eigenvalue weighted by Crippen LogP contribution is -1.98. The Morgan fingerprint density at radius 3 is 2.08 bits per heavy atom. The van der Waals surface area contributed by atoms with E-state index in [0.717, 1.165) is 5.56 Å². The minimum Gasteiger partial charge on any atom is -0.481 e. The summed E-state index contributed by atoms with van der Waals surface area (Å²) < 4.78 is 0. The van der Waals surface area contributed by atoms with Gasteiger partial charge in [-0.1, -0.05) is 30.3 Å². The molecule has 1 rings (SSSR count). The fourth-order valence-corrected chi connectivity index (χ4v) is 0.770. The van der Waals surface area contributed by atoms with Crippen molar-refractivity contribution in [3.63, 3.8) is 0 Å². The van der Waals surface area contributed by atoms with E-state index in [1.165, 1.54) is 0 Å². The standard InChI is InChI=1S/C8H8O2.2H2O/c9-8(10)6-7-4-2-1-3-5-7;;/h1-5H,6H2,(H,9,10);2*1H2. The van der Waals surface area contributed by atoms with Crippen LogP contribution in [0.1, 0.15) is 5.56 Å². The average molecular weight is 172 g/mol. The number of hydrogen-bond donors (Lipinski definition) is 1. The van der Waals surface area contributed by atoms with E-state index in [2.05, 4.69) is 0 Å². The summed E-state index contributed by atoms with van der Waals surface area (Å²) in [5, 5.41) is 8.37. The molecule has 0 atom stereocenters. The van der Waals surface area contributed by atoms with Gasteiger partial charge in [-0.05, 0) is 5.56 Å². The second kappa shape index (κ2) is 6.33. The highest BCUT2D eigenvalue weighted by atomic mass is 16.4. The lowest BCUT2D eigenvalue weighted by molar-refractivity contribution is -0.136. The van der Waals surface area contributed by atoms with E-state index in [4.69, 9.17) is 5.11 Å². The Kier molecular flexibility index (Phi) is 6.97. The Morgan fingerprint density at radius 1 is 1.17 bits per heavy atom. The molecule has 5 N–H and O–H groups in total. The summed E-state index contributed by atoms with van der Waals surface area (Å²) in [6, 6.07) is 9.13. The molecule has 0 aliphatic heterocycles. The highest BCUT2D eigenvalue weighted by Gasteiger charge is 1.96. The fourth-order valence-electron chi connectivity index (χ4n) is 0.770. The molecule has 4 heteroatoms. The summed E-state index contributed by atoms with van der Waals surface area (Å²) >= 11 is 0. The Labute approximate surface area is 70.1 Å². The summed E-state index contributed by atoms with van der Waals surface area (Å²) in [4.78, 5) is 10.2. The molecule has 12 heavy (non-hydrogen) atoms. The van der Waals surface area contributed by atoms with E-state index in [-0.39, 0.29) is 17.4 Å². The molecule has 68 valence electrons. The number of hydrogen-bond acceptors (Lipinski definition) is 1. The van der Waals surface area contributed by atoms with Gasteiger partial charge in [0.15, 0.2) is 0 Å². The highest BCUT2D eigenvalue weighted by Crippen LogP contribution is 1.98. The third kappa shape index (κ3) is 4.43. The zero-order chi connectivity index (χ0) is 7.40. The van der Waals surface area contributed by atoms with E-state index >= 15 is 0 Å². The lowest BCUT2D eigenvalue weighted by atomic mass is 10.2. The van der Waals surface area contributed by atoms with Gasteiger partial charge in [0.1, 0.15) is 0 Å². The first-order chi connectivity index (χ1) is 4.79. The maximum atomic E-state index is 10.2. The van der Waals surface area contributed by atoms with Crippen LogP contribution in [0.5, 0.6) is 0 Å². The molecule has 0 aliphatic carbocycles. The van der Waals surface area contributed by atoms with Crippen LogP contribution in [0.25, 0.3) is 0 Å². The van der Waals surface area contributed by atoms with Crippen LogP contribution in [0.4, 0.5) is 0 Å². The molecule has 0 radical (unpaired) electrons. The molecule has 0 saturated heterocycles. The maximum absolute atomic E-state index is 10.2. The van der Waals surface area contributed by atoms with Crippen LogP contribution >= 0.6 is 0 Å². The summed E-state index contributed by atoms with van der Waals surface area (Å²) in [7, 11) is 0. The quantitative estimate of drug-likeness (QED) is 0.660. The molecule has 0 spiro atoms. The van der Waals surface area contributed by atoms with Gasteiger partial charge in [-0.15, -0.1) is 0 Å². The first kappa shape index (κ1) is 13.2. The van der Waals surface area contributed by atoms with Crippen molar-refractivity contribution in [3.8, 4) is 0 Å². The van der Waals surface area contributed by atoms with Crippen LogP contribution < -0.4 is 0 Å². The summed E-state index contributed by atoms with van der Waals surface area (Å²) in [6.45, 7) is 0. The second-order valence-electron chi connectivity index (χ2n) is 2.06. The molecule has 0 aliphatic rings. The number of carboxylic acid groups (broad SMARTS) is 1. The van der Waals surface area contributed by atoms with E-state index in [1.807, 2.05) is 18.2 Å². The number of carboxylic acids is 1. The minimum absolute atomic E-state index is 0. The molecule has 0 aromatic heterocycles. The van der Waals surface area contributed by atoms with Crippen LogP contribution in [0.2, 0.25) is 0 Å². The van der Waals surface area contributed by atoms with Crippen molar-refractivity contribution in [3.05, 3.63) is 35.9 Å². The maximum Gasteiger partial charge on any atom is 0.307 e. The van der Waals surface area contributed by atoms with Crippen LogP contribution in [-0.2, 0) is 11.2 Å². The van der Waals surface area contributed by atoms with Crippen LogP contribution in [0.15, 0.2) is 30.3 Å². The van der Waals surface area contributed by atoms with Gasteiger partial charge in [0, 0.05) is 0 Å². The molecule has 0 amide bonds. The van der Waals surface area contributed by atoms with Gasteiger partial charge in [-0.2, -0.15) is 0 Å². The van der Waals surface area contributed by atoms with E-state index in [1.54, 1.807) is 12.1 Å². The minimum atomic E-state index is -0.786. The lowest BCUT2D eigenvalue weighted by Gasteiger charge is -1.92. The van der Waals surface area contributed by atoms with Crippen LogP contribution in [0, 0.1) is 0 Å². The topological polar surface area (TPSA) is 100 Å². The predicted octanol–water partition coefficient (Wildman–Crippen LogP) is -0.336. The molecule has 1 aromatic rings. The average Bonchev–Trinajstić information content (AvgIpc) is 1.88. The second-order valence-corrected chi connectivity index (χ2v) is 2.06. The molecular weight excluding hydrogens is 160 g/mol. The molecule has 4 nitrogen and oxygen atoms in total. The molecule has 0 bridgehead atoms. The number of aliphatic carboxylic acids is 1. The highest BCUT2D eigenvalue weighted by molar-refractivity contribution is 5.70. The van der Waals surface area contributed by atoms with E-state index < -0.39 is 5.97 Å². The normalized spacial score (nSPS) is 7.67. The van der Waals surface area contributed by atoms with Gasteiger partial charge < -0.3 is 16.1 Å². The molecule has 0 heterocycles. The van der Waals surface area contributed by atoms with Gasteiger partial charge >= 0.3 is 5.97 Å². The third-order valence-corrected chi connectivity index (χ3v) is 1.20. The van der Waals surface area contributed by atoms with Crippen molar-refractivity contribution in [2.45, 2.75) is 6.42 Å². The van der Waals surface area contributed by atoms with Gasteiger partial charge in [-0.25, -0.2) is 0 Å². The zero-order valence-electron chi connectivity index (χ0n) is 6.45. The van der Waals surface area contributed by atoms with Crippen molar-refractivity contribution in [2.24, 2.45) is 0 Å². The van der Waals surface area contributed by atoms with E-state index in [9.17, 15) is 4.79 Å². The van der Waals surface area contributed by atoms with E-state index in [0.29, 0.717) is 0 Å². The molecule has 0 saturated carbocycles. The largest absolute Gasteiger partial charge is 0.481 e. The van der Waals surface area contributed by atoms with Crippen molar-refractivity contribution in [2.75, 3.05) is 0 Å². The van der Waals surface area contributed by atoms with Crippen molar-refractivity contribution in [1.29, 1.82) is 0 Å². The van der Waals surface area contributed by atoms with Crippen LogP contribution in [-0.4, -0.2) is 22.0 Å². The number of rotatable bonds is 2. The van der Waals surface area contributed by atoms with Gasteiger partial charge in [-0.3, -0.25) is 4.79 Å². The van der Waals surface area contributed by atoms with Crippen LogP contribution in [0.3, 0.4) is 0 Å². The summed E-state index contributed by atoms with van der Waals surface area (Å²) in [5.74, 6) is -0.786.